The van der Waals surface area contributed by atoms with E-state index in [2.05, 4.69) is 69.4 Å². The van der Waals surface area contributed by atoms with Crippen LogP contribution in [-0.2, 0) is 28.6 Å². The van der Waals surface area contributed by atoms with Gasteiger partial charge in [0.1, 0.15) is 13.2 Å². The van der Waals surface area contributed by atoms with Crippen molar-refractivity contribution in [1.82, 2.24) is 0 Å². The second kappa shape index (κ2) is 60.9. The first-order valence-electron chi connectivity index (χ1n) is 31.6. The maximum Gasteiger partial charge on any atom is 0.306 e. The van der Waals surface area contributed by atoms with Crippen LogP contribution >= 0.6 is 0 Å². The molecule has 0 amide bonds. The van der Waals surface area contributed by atoms with Crippen LogP contribution in [0.2, 0.25) is 0 Å². The van der Waals surface area contributed by atoms with Crippen LogP contribution in [0.4, 0.5) is 0 Å². The third kappa shape index (κ3) is 58.3. The average molecular weight is 1010 g/mol. The highest BCUT2D eigenvalue weighted by Gasteiger charge is 2.19. The minimum Gasteiger partial charge on any atom is -0.462 e. The van der Waals surface area contributed by atoms with Gasteiger partial charge in [-0.2, -0.15) is 0 Å². The van der Waals surface area contributed by atoms with Gasteiger partial charge in [0.05, 0.1) is 0 Å². The van der Waals surface area contributed by atoms with Gasteiger partial charge in [0.25, 0.3) is 0 Å². The number of esters is 3. The molecule has 1 atom stereocenters. The predicted octanol–water partition coefficient (Wildman–Crippen LogP) is 21.4. The van der Waals surface area contributed by atoms with Gasteiger partial charge in [0, 0.05) is 19.3 Å². The van der Waals surface area contributed by atoms with E-state index in [1.54, 1.807) is 0 Å². The lowest BCUT2D eigenvalue weighted by molar-refractivity contribution is -0.167. The molecule has 420 valence electrons. The molecule has 0 aromatic rings. The van der Waals surface area contributed by atoms with E-state index in [0.717, 1.165) is 83.5 Å². The minimum absolute atomic E-state index is 0.0697. The van der Waals surface area contributed by atoms with Gasteiger partial charge in [-0.15, -0.1) is 0 Å². The Labute approximate surface area is 448 Å². The largest absolute Gasteiger partial charge is 0.462 e. The lowest BCUT2D eigenvalue weighted by atomic mass is 10.0. The van der Waals surface area contributed by atoms with E-state index >= 15 is 0 Å². The van der Waals surface area contributed by atoms with Crippen molar-refractivity contribution >= 4 is 17.9 Å². The van der Waals surface area contributed by atoms with E-state index in [1.807, 2.05) is 0 Å². The van der Waals surface area contributed by atoms with Gasteiger partial charge in [-0.3, -0.25) is 14.4 Å². The molecule has 0 rings (SSSR count). The van der Waals surface area contributed by atoms with Gasteiger partial charge >= 0.3 is 17.9 Å². The summed E-state index contributed by atoms with van der Waals surface area (Å²) in [6.45, 7) is 6.52. The van der Waals surface area contributed by atoms with Crippen molar-refractivity contribution in [3.05, 3.63) is 48.6 Å². The molecule has 0 saturated carbocycles. The second-order valence-electron chi connectivity index (χ2n) is 21.3. The average Bonchev–Trinajstić information content (AvgIpc) is 3.38. The summed E-state index contributed by atoms with van der Waals surface area (Å²) >= 11 is 0. The fourth-order valence-corrected chi connectivity index (χ4v) is 9.38. The first-order chi connectivity index (χ1) is 35.5. The number of carbonyl (C=O) groups excluding carboxylic acids is 3. The van der Waals surface area contributed by atoms with Crippen LogP contribution in [0.15, 0.2) is 48.6 Å². The van der Waals surface area contributed by atoms with Crippen molar-refractivity contribution in [2.45, 2.75) is 341 Å². The van der Waals surface area contributed by atoms with Gasteiger partial charge in [0.15, 0.2) is 6.10 Å². The smallest absolute Gasteiger partial charge is 0.306 e. The Morgan fingerprint density at radius 2 is 0.542 bits per heavy atom. The van der Waals surface area contributed by atoms with Crippen LogP contribution in [-0.4, -0.2) is 37.2 Å². The molecule has 0 aromatic heterocycles. The molecule has 0 aliphatic carbocycles. The van der Waals surface area contributed by atoms with Gasteiger partial charge in [-0.25, -0.2) is 0 Å². The number of carbonyl (C=O) groups is 3. The summed E-state index contributed by atoms with van der Waals surface area (Å²) in [6, 6.07) is 0. The summed E-state index contributed by atoms with van der Waals surface area (Å²) in [5.41, 5.74) is 0. The van der Waals surface area contributed by atoms with Crippen LogP contribution in [0, 0.1) is 0 Å². The third-order valence-corrected chi connectivity index (χ3v) is 14.1. The molecule has 6 nitrogen and oxygen atoms in total. The highest BCUT2D eigenvalue weighted by atomic mass is 16.6. The van der Waals surface area contributed by atoms with Crippen molar-refractivity contribution in [3.63, 3.8) is 0 Å². The molecule has 0 saturated heterocycles. The Morgan fingerprint density at radius 3 is 0.847 bits per heavy atom. The Hall–Kier alpha value is -2.63. The molecule has 6 heteroatoms. The molecule has 0 fully saturated rings. The molecule has 0 heterocycles. The highest BCUT2D eigenvalue weighted by Crippen LogP contribution is 2.18. The standard InChI is InChI=1S/C66H120O6/c1-4-7-10-13-16-18-20-22-24-26-28-30-32-33-35-36-38-40-42-44-46-48-50-53-56-59-65(68)71-62-63(61-70-64(67)58-55-52-15-12-9-6-3)72-66(69)60-57-54-51-49-47-45-43-41-39-37-34-31-29-27-25-23-21-19-17-14-11-8-5-2/h7,10,16,18,22,24,28,30,63H,4-6,8-9,11-15,17,19-21,23,25-27,29,31-62H2,1-3H3/b10-7-,18-16-,24-22-,30-28-. The SMILES string of the molecule is CC/C=C\C/C=C\C/C=C\C/C=C\CCCCCCCCCCCCCCC(=O)OCC(COC(=O)CCCCCCCC)OC(=O)CCCCCCCCCCCCCCCCCCCCCCCCC. The first kappa shape index (κ1) is 69.4. The zero-order valence-corrected chi connectivity index (χ0v) is 48.2. The zero-order valence-electron chi connectivity index (χ0n) is 48.2. The molecule has 0 aromatic carbocycles. The first-order valence-corrected chi connectivity index (χ1v) is 31.6. The van der Waals surface area contributed by atoms with Crippen molar-refractivity contribution in [2.24, 2.45) is 0 Å². The van der Waals surface area contributed by atoms with E-state index < -0.39 is 6.10 Å². The zero-order chi connectivity index (χ0) is 52.2. The molecule has 0 spiro atoms. The molecule has 0 radical (unpaired) electrons. The van der Waals surface area contributed by atoms with Crippen molar-refractivity contribution in [3.8, 4) is 0 Å². The third-order valence-electron chi connectivity index (χ3n) is 14.1. The van der Waals surface area contributed by atoms with Crippen LogP contribution in [0.3, 0.4) is 0 Å². The molecule has 0 aliphatic rings. The molecule has 1 unspecified atom stereocenters. The molecular weight excluding hydrogens is 889 g/mol. The van der Waals surface area contributed by atoms with E-state index in [0.29, 0.717) is 19.3 Å². The number of ether oxygens (including phenoxy) is 3. The molecule has 0 bridgehead atoms. The summed E-state index contributed by atoms with van der Waals surface area (Å²) in [6.07, 6.45) is 75.9. The molecule has 0 N–H and O–H groups in total. The highest BCUT2D eigenvalue weighted by molar-refractivity contribution is 5.71. The topological polar surface area (TPSA) is 78.9 Å². The monoisotopic (exact) mass is 1010 g/mol. The van der Waals surface area contributed by atoms with Crippen molar-refractivity contribution in [1.29, 1.82) is 0 Å². The normalized spacial score (nSPS) is 12.3. The Bertz CT molecular complexity index is 1250. The predicted molar refractivity (Wildman–Crippen MR) is 312 cm³/mol. The van der Waals surface area contributed by atoms with Crippen LogP contribution in [0.25, 0.3) is 0 Å². The number of allylic oxidation sites excluding steroid dienone is 8. The Balaban J connectivity index is 4.05. The summed E-state index contributed by atoms with van der Waals surface area (Å²) in [5, 5.41) is 0. The maximum absolute atomic E-state index is 12.8. The number of rotatable bonds is 58. The summed E-state index contributed by atoms with van der Waals surface area (Å²) in [4.78, 5) is 38.0. The fraction of sp³-hybridized carbons (Fsp3) is 0.833. The quantitative estimate of drug-likeness (QED) is 0.0261. The summed E-state index contributed by atoms with van der Waals surface area (Å²) in [5.74, 6) is -0.861. The van der Waals surface area contributed by atoms with E-state index in [-0.39, 0.29) is 31.1 Å². The molecule has 72 heavy (non-hydrogen) atoms. The van der Waals surface area contributed by atoms with Gasteiger partial charge in [-0.05, 0) is 57.8 Å². The number of hydrogen-bond acceptors (Lipinski definition) is 6. The van der Waals surface area contributed by atoms with Gasteiger partial charge in [0.2, 0.25) is 0 Å². The second-order valence-corrected chi connectivity index (χ2v) is 21.3. The fourth-order valence-electron chi connectivity index (χ4n) is 9.38. The Kier molecular flexibility index (Phi) is 58.7. The van der Waals surface area contributed by atoms with Crippen LogP contribution in [0.5, 0.6) is 0 Å². The van der Waals surface area contributed by atoms with Crippen molar-refractivity contribution < 1.29 is 28.6 Å². The molecular formula is C66H120O6. The van der Waals surface area contributed by atoms with Crippen LogP contribution < -0.4 is 0 Å². The number of unbranched alkanes of at least 4 members (excludes halogenated alkanes) is 39. The lowest BCUT2D eigenvalue weighted by Crippen LogP contribution is -2.30. The maximum atomic E-state index is 12.8. The van der Waals surface area contributed by atoms with Crippen LogP contribution in [0.1, 0.15) is 335 Å². The number of hydrogen-bond donors (Lipinski definition) is 0. The van der Waals surface area contributed by atoms with Gasteiger partial charge in [-0.1, -0.05) is 307 Å². The van der Waals surface area contributed by atoms with Gasteiger partial charge < -0.3 is 14.2 Å². The van der Waals surface area contributed by atoms with E-state index in [1.165, 1.54) is 212 Å². The molecule has 0 aliphatic heterocycles. The van der Waals surface area contributed by atoms with Crippen molar-refractivity contribution in [2.75, 3.05) is 13.2 Å². The van der Waals surface area contributed by atoms with E-state index in [4.69, 9.17) is 14.2 Å². The summed E-state index contributed by atoms with van der Waals surface area (Å²) in [7, 11) is 0. The minimum atomic E-state index is -0.768. The van der Waals surface area contributed by atoms with E-state index in [9.17, 15) is 14.4 Å². The lowest BCUT2D eigenvalue weighted by Gasteiger charge is -2.18. The Morgan fingerprint density at radius 1 is 0.292 bits per heavy atom. The summed E-state index contributed by atoms with van der Waals surface area (Å²) < 4.78 is 16.8.